The summed E-state index contributed by atoms with van der Waals surface area (Å²) >= 11 is 3.57. The number of rotatable bonds is 4. The first kappa shape index (κ1) is 14.3. The number of aryl methyl sites for hydroxylation is 2. The van der Waals surface area contributed by atoms with E-state index >= 15 is 0 Å². The lowest BCUT2D eigenvalue weighted by molar-refractivity contribution is 0.625. The summed E-state index contributed by atoms with van der Waals surface area (Å²) in [6.45, 7) is 4.26. The van der Waals surface area contributed by atoms with Crippen molar-refractivity contribution in [3.05, 3.63) is 70.5 Å². The Balaban J connectivity index is 2.18. The molecule has 0 nitrogen and oxygen atoms in total. The van der Waals surface area contributed by atoms with E-state index in [1.165, 1.54) is 34.4 Å². The minimum atomic E-state index is -0.178. The third-order valence-corrected chi connectivity index (χ3v) is 4.36. The fraction of sp³-hybridized carbons (Fsp3) is 0.294. The Labute approximate surface area is 122 Å². The lowest BCUT2D eigenvalue weighted by Gasteiger charge is -2.15. The molecular weight excluding hydrogens is 303 g/mol. The van der Waals surface area contributed by atoms with Gasteiger partial charge in [0.15, 0.2) is 0 Å². The Morgan fingerprint density at radius 2 is 1.68 bits per heavy atom. The lowest BCUT2D eigenvalue weighted by Crippen LogP contribution is -2.05. The normalized spacial score (nSPS) is 12.4. The van der Waals surface area contributed by atoms with Crippen molar-refractivity contribution >= 4 is 15.9 Å². The van der Waals surface area contributed by atoms with E-state index in [1.807, 2.05) is 12.1 Å². The molecule has 0 heterocycles. The second-order valence-corrected chi connectivity index (χ2v) is 5.67. The van der Waals surface area contributed by atoms with Crippen molar-refractivity contribution in [3.8, 4) is 0 Å². The first-order valence-electron chi connectivity index (χ1n) is 6.47. The highest BCUT2D eigenvalue weighted by molar-refractivity contribution is 9.09. The summed E-state index contributed by atoms with van der Waals surface area (Å²) < 4.78 is 13.0. The van der Waals surface area contributed by atoms with Crippen LogP contribution in [0.1, 0.15) is 28.2 Å². The van der Waals surface area contributed by atoms with Crippen LogP contribution in [0.25, 0.3) is 0 Å². The Morgan fingerprint density at radius 3 is 2.26 bits per heavy atom. The predicted molar refractivity (Wildman–Crippen MR) is 82.6 cm³/mol. The molecule has 0 aliphatic carbocycles. The van der Waals surface area contributed by atoms with Crippen LogP contribution >= 0.6 is 15.9 Å². The van der Waals surface area contributed by atoms with Gasteiger partial charge < -0.3 is 0 Å². The molecule has 0 aliphatic heterocycles. The van der Waals surface area contributed by atoms with Crippen molar-refractivity contribution < 1.29 is 4.39 Å². The molecule has 19 heavy (non-hydrogen) atoms. The van der Waals surface area contributed by atoms with Gasteiger partial charge in [-0.25, -0.2) is 4.39 Å². The average molecular weight is 321 g/mol. The standard InChI is InChI=1S/C17H18BrF/c1-12-3-4-14(9-13(12)2)10-16(11-18)15-5-7-17(19)8-6-15/h3-9,16H,10-11H2,1-2H3. The predicted octanol–water partition coefficient (Wildman–Crippen LogP) is 5.16. The van der Waals surface area contributed by atoms with Crippen molar-refractivity contribution in [1.29, 1.82) is 0 Å². The van der Waals surface area contributed by atoms with E-state index in [-0.39, 0.29) is 5.82 Å². The molecule has 0 aliphatic rings. The Bertz CT molecular complexity index is 546. The van der Waals surface area contributed by atoms with Crippen LogP contribution in [0.5, 0.6) is 0 Å². The van der Waals surface area contributed by atoms with Crippen molar-refractivity contribution in [2.45, 2.75) is 26.2 Å². The molecule has 2 heteroatoms. The summed E-state index contributed by atoms with van der Waals surface area (Å²) in [5.74, 6) is 0.200. The Hall–Kier alpha value is -1.15. The summed E-state index contributed by atoms with van der Waals surface area (Å²) in [6, 6.07) is 13.4. The van der Waals surface area contributed by atoms with Crippen molar-refractivity contribution in [2.75, 3.05) is 5.33 Å². The monoisotopic (exact) mass is 320 g/mol. The van der Waals surface area contributed by atoms with Gasteiger partial charge in [0.1, 0.15) is 5.82 Å². The maximum Gasteiger partial charge on any atom is 0.123 e. The smallest absolute Gasteiger partial charge is 0.123 e. The van der Waals surface area contributed by atoms with Gasteiger partial charge in [-0.3, -0.25) is 0 Å². The van der Waals surface area contributed by atoms with Gasteiger partial charge in [0.05, 0.1) is 0 Å². The number of alkyl halides is 1. The third-order valence-electron chi connectivity index (χ3n) is 3.58. The molecule has 0 radical (unpaired) electrons. The molecule has 0 saturated carbocycles. The van der Waals surface area contributed by atoms with Crippen molar-refractivity contribution in [2.24, 2.45) is 0 Å². The second kappa shape index (κ2) is 6.33. The van der Waals surface area contributed by atoms with Gasteiger partial charge in [-0.05, 0) is 60.6 Å². The quantitative estimate of drug-likeness (QED) is 0.682. The summed E-state index contributed by atoms with van der Waals surface area (Å²) in [7, 11) is 0. The summed E-state index contributed by atoms with van der Waals surface area (Å²) in [4.78, 5) is 0. The summed E-state index contributed by atoms with van der Waals surface area (Å²) in [5, 5.41) is 0.881. The van der Waals surface area contributed by atoms with Gasteiger partial charge in [-0.15, -0.1) is 0 Å². The van der Waals surface area contributed by atoms with Crippen molar-refractivity contribution in [1.82, 2.24) is 0 Å². The molecule has 0 fully saturated rings. The molecule has 0 amide bonds. The molecule has 0 aromatic heterocycles. The van der Waals surface area contributed by atoms with Crippen LogP contribution in [0.2, 0.25) is 0 Å². The minimum Gasteiger partial charge on any atom is -0.207 e. The summed E-state index contributed by atoms with van der Waals surface area (Å²) in [5.41, 5.74) is 5.15. The highest BCUT2D eigenvalue weighted by Crippen LogP contribution is 2.24. The maximum atomic E-state index is 13.0. The molecular formula is C17H18BrF. The van der Waals surface area contributed by atoms with E-state index < -0.39 is 0 Å². The molecule has 100 valence electrons. The summed E-state index contributed by atoms with van der Waals surface area (Å²) in [6.07, 6.45) is 0.970. The number of hydrogen-bond donors (Lipinski definition) is 0. The molecule has 1 atom stereocenters. The lowest BCUT2D eigenvalue weighted by atomic mass is 9.92. The topological polar surface area (TPSA) is 0 Å². The van der Waals surface area contributed by atoms with Crippen LogP contribution < -0.4 is 0 Å². The van der Waals surface area contributed by atoms with Crippen LogP contribution in [-0.2, 0) is 6.42 Å². The van der Waals surface area contributed by atoms with Crippen LogP contribution in [0.3, 0.4) is 0 Å². The van der Waals surface area contributed by atoms with Gasteiger partial charge in [-0.2, -0.15) is 0 Å². The van der Waals surface area contributed by atoms with E-state index in [1.54, 1.807) is 0 Å². The van der Waals surface area contributed by atoms with E-state index in [4.69, 9.17) is 0 Å². The third kappa shape index (κ3) is 3.66. The number of benzene rings is 2. The Morgan fingerprint density at radius 1 is 1.00 bits per heavy atom. The zero-order valence-electron chi connectivity index (χ0n) is 11.3. The largest absolute Gasteiger partial charge is 0.207 e. The second-order valence-electron chi connectivity index (χ2n) is 5.03. The molecule has 0 bridgehead atoms. The van der Waals surface area contributed by atoms with Gasteiger partial charge >= 0.3 is 0 Å². The Kier molecular flexibility index (Phi) is 4.76. The van der Waals surface area contributed by atoms with Gasteiger partial charge in [0.2, 0.25) is 0 Å². The van der Waals surface area contributed by atoms with E-state index in [9.17, 15) is 4.39 Å². The molecule has 0 saturated heterocycles. The first-order valence-corrected chi connectivity index (χ1v) is 7.60. The van der Waals surface area contributed by atoms with Crippen LogP contribution in [-0.4, -0.2) is 5.33 Å². The molecule has 2 rings (SSSR count). The van der Waals surface area contributed by atoms with Gasteiger partial charge in [-0.1, -0.05) is 46.3 Å². The fourth-order valence-electron chi connectivity index (χ4n) is 2.21. The highest BCUT2D eigenvalue weighted by Gasteiger charge is 2.11. The SMILES string of the molecule is Cc1ccc(CC(CBr)c2ccc(F)cc2)cc1C. The molecule has 2 aromatic carbocycles. The van der Waals surface area contributed by atoms with Crippen LogP contribution in [0.15, 0.2) is 42.5 Å². The maximum absolute atomic E-state index is 13.0. The minimum absolute atomic E-state index is 0.178. The fourth-order valence-corrected chi connectivity index (χ4v) is 2.81. The first-order chi connectivity index (χ1) is 9.10. The van der Waals surface area contributed by atoms with Gasteiger partial charge in [0, 0.05) is 5.33 Å². The van der Waals surface area contributed by atoms with Gasteiger partial charge in [0.25, 0.3) is 0 Å². The van der Waals surface area contributed by atoms with Crippen LogP contribution in [0, 0.1) is 19.7 Å². The molecule has 2 aromatic rings. The molecule has 0 N–H and O–H groups in total. The zero-order chi connectivity index (χ0) is 13.8. The van der Waals surface area contributed by atoms with E-state index in [2.05, 4.69) is 48.0 Å². The highest BCUT2D eigenvalue weighted by atomic mass is 79.9. The van der Waals surface area contributed by atoms with E-state index in [0.717, 1.165) is 11.8 Å². The number of hydrogen-bond acceptors (Lipinski definition) is 0. The van der Waals surface area contributed by atoms with E-state index in [0.29, 0.717) is 5.92 Å². The van der Waals surface area contributed by atoms with Crippen LogP contribution in [0.4, 0.5) is 4.39 Å². The average Bonchev–Trinajstić information content (AvgIpc) is 2.41. The molecule has 0 spiro atoms. The molecule has 1 unspecified atom stereocenters. The number of halogens is 2. The van der Waals surface area contributed by atoms with Crippen molar-refractivity contribution in [3.63, 3.8) is 0 Å². The zero-order valence-corrected chi connectivity index (χ0v) is 12.9.